The quantitative estimate of drug-likeness (QED) is 0.505. The molecule has 0 spiro atoms. The van der Waals surface area contributed by atoms with Gasteiger partial charge in [0.25, 0.3) is 0 Å². The van der Waals surface area contributed by atoms with Gasteiger partial charge in [-0.1, -0.05) is 6.07 Å². The zero-order valence-corrected chi connectivity index (χ0v) is 18.5. The number of nitrogens with one attached hydrogen (secondary N) is 2. The molecule has 0 aliphatic carbocycles. The van der Waals surface area contributed by atoms with Crippen LogP contribution in [-0.2, 0) is 24.4 Å². The highest BCUT2D eigenvalue weighted by molar-refractivity contribution is 5.97. The monoisotopic (exact) mass is 443 g/mol. The van der Waals surface area contributed by atoms with E-state index < -0.39 is 0 Å². The number of hydrogen-bond donors (Lipinski definition) is 2. The standard InChI is InChI=1S/C24H22FN7O/c1-13-4-14(10-27-2)5-19(25)23(13)17-8-18-20(6-15(17)9-26)28-29-24(18)21-7-16-11-31(3)22(33)12-32(16)30-21/h4-8,27H,10-12H2,1-3H3,(H,28,29). The number of aromatic amines is 1. The van der Waals surface area contributed by atoms with Gasteiger partial charge >= 0.3 is 0 Å². The van der Waals surface area contributed by atoms with E-state index in [0.29, 0.717) is 46.7 Å². The number of H-pyrrole nitrogens is 1. The molecule has 33 heavy (non-hydrogen) atoms. The number of likely N-dealkylation sites (N-methyl/N-ethyl adjacent to an activating group) is 1. The third-order valence-electron chi connectivity index (χ3n) is 6.03. The van der Waals surface area contributed by atoms with Gasteiger partial charge in [-0.05, 0) is 49.4 Å². The van der Waals surface area contributed by atoms with Crippen molar-refractivity contribution in [2.24, 2.45) is 0 Å². The summed E-state index contributed by atoms with van der Waals surface area (Å²) in [6, 6.07) is 11.0. The van der Waals surface area contributed by atoms with Crippen molar-refractivity contribution in [3.63, 3.8) is 0 Å². The van der Waals surface area contributed by atoms with E-state index >= 15 is 4.39 Å². The molecule has 0 unspecified atom stereocenters. The summed E-state index contributed by atoms with van der Waals surface area (Å²) in [5.74, 6) is -0.377. The van der Waals surface area contributed by atoms with E-state index in [4.69, 9.17) is 0 Å². The Labute approximate surface area is 189 Å². The van der Waals surface area contributed by atoms with Gasteiger partial charge in [-0.15, -0.1) is 0 Å². The summed E-state index contributed by atoms with van der Waals surface area (Å²) in [4.78, 5) is 13.7. The highest BCUT2D eigenvalue weighted by Crippen LogP contribution is 2.36. The normalized spacial score (nSPS) is 13.4. The van der Waals surface area contributed by atoms with E-state index in [0.717, 1.165) is 22.2 Å². The number of carbonyl (C=O) groups is 1. The molecule has 0 saturated heterocycles. The van der Waals surface area contributed by atoms with Crippen molar-refractivity contribution < 1.29 is 9.18 Å². The summed E-state index contributed by atoms with van der Waals surface area (Å²) < 4.78 is 16.9. The Morgan fingerprint density at radius 1 is 1.24 bits per heavy atom. The van der Waals surface area contributed by atoms with Crippen LogP contribution in [0.3, 0.4) is 0 Å². The number of fused-ring (bicyclic) bond motifs is 2. The van der Waals surface area contributed by atoms with E-state index in [2.05, 4.69) is 26.7 Å². The average molecular weight is 443 g/mol. The van der Waals surface area contributed by atoms with Crippen LogP contribution in [0.4, 0.5) is 4.39 Å². The average Bonchev–Trinajstić information content (AvgIpc) is 3.36. The summed E-state index contributed by atoms with van der Waals surface area (Å²) in [6.45, 7) is 3.05. The fourth-order valence-electron chi connectivity index (χ4n) is 4.44. The van der Waals surface area contributed by atoms with Crippen molar-refractivity contribution in [3.8, 4) is 28.6 Å². The molecular formula is C24H22FN7O. The van der Waals surface area contributed by atoms with Gasteiger partial charge in [-0.2, -0.15) is 15.5 Å². The Morgan fingerprint density at radius 3 is 2.79 bits per heavy atom. The van der Waals surface area contributed by atoms with Crippen LogP contribution in [0.5, 0.6) is 0 Å². The maximum atomic E-state index is 15.2. The molecule has 0 saturated carbocycles. The molecule has 4 aromatic rings. The lowest BCUT2D eigenvalue weighted by Crippen LogP contribution is -2.36. The van der Waals surface area contributed by atoms with E-state index in [-0.39, 0.29) is 18.3 Å². The second-order valence-electron chi connectivity index (χ2n) is 8.36. The van der Waals surface area contributed by atoms with Crippen molar-refractivity contribution in [1.82, 2.24) is 30.2 Å². The molecule has 3 heterocycles. The van der Waals surface area contributed by atoms with Crippen LogP contribution in [-0.4, -0.2) is 44.9 Å². The zero-order chi connectivity index (χ0) is 23.3. The Kier molecular flexibility index (Phi) is 4.95. The summed E-state index contributed by atoms with van der Waals surface area (Å²) in [6.07, 6.45) is 0. The predicted molar refractivity (Wildman–Crippen MR) is 121 cm³/mol. The fourth-order valence-corrected chi connectivity index (χ4v) is 4.44. The lowest BCUT2D eigenvalue weighted by molar-refractivity contribution is -0.132. The molecule has 0 fully saturated rings. The summed E-state index contributed by atoms with van der Waals surface area (Å²) in [5, 5.41) is 25.5. The van der Waals surface area contributed by atoms with E-state index in [1.807, 2.05) is 26.1 Å². The summed E-state index contributed by atoms with van der Waals surface area (Å²) >= 11 is 0. The first kappa shape index (κ1) is 20.8. The Hall–Kier alpha value is -4.03. The number of halogens is 1. The summed E-state index contributed by atoms with van der Waals surface area (Å²) in [7, 11) is 3.57. The van der Waals surface area contributed by atoms with Crippen LogP contribution in [0.25, 0.3) is 33.4 Å². The van der Waals surface area contributed by atoms with Gasteiger partial charge in [0.15, 0.2) is 0 Å². The summed E-state index contributed by atoms with van der Waals surface area (Å²) in [5.41, 5.74) is 5.65. The largest absolute Gasteiger partial charge is 0.338 e. The first-order valence-corrected chi connectivity index (χ1v) is 10.6. The minimum Gasteiger partial charge on any atom is -0.338 e. The molecule has 0 atom stereocenters. The van der Waals surface area contributed by atoms with Gasteiger partial charge in [0, 0.05) is 30.1 Å². The number of rotatable bonds is 4. The van der Waals surface area contributed by atoms with Crippen molar-refractivity contribution in [2.45, 2.75) is 26.6 Å². The number of nitrogens with zero attached hydrogens (tertiary/aromatic N) is 5. The maximum Gasteiger partial charge on any atom is 0.244 e. The third kappa shape index (κ3) is 3.45. The number of benzene rings is 2. The first-order valence-electron chi connectivity index (χ1n) is 10.6. The molecule has 1 aliphatic rings. The van der Waals surface area contributed by atoms with Crippen molar-refractivity contribution in [1.29, 1.82) is 5.26 Å². The molecule has 1 aliphatic heterocycles. The highest BCUT2D eigenvalue weighted by atomic mass is 19.1. The van der Waals surface area contributed by atoms with Crippen LogP contribution in [0, 0.1) is 24.1 Å². The molecule has 5 rings (SSSR count). The van der Waals surface area contributed by atoms with Crippen molar-refractivity contribution in [3.05, 3.63) is 58.5 Å². The van der Waals surface area contributed by atoms with Gasteiger partial charge in [0.05, 0.1) is 29.4 Å². The molecule has 2 N–H and O–H groups in total. The molecule has 0 radical (unpaired) electrons. The number of aryl methyl sites for hydroxylation is 1. The Morgan fingerprint density at radius 2 is 2.06 bits per heavy atom. The van der Waals surface area contributed by atoms with Gasteiger partial charge in [0.1, 0.15) is 23.7 Å². The van der Waals surface area contributed by atoms with E-state index in [1.165, 1.54) is 6.07 Å². The fraction of sp³-hybridized carbons (Fsp3) is 0.250. The van der Waals surface area contributed by atoms with Gasteiger partial charge in [0.2, 0.25) is 5.91 Å². The number of carbonyl (C=O) groups excluding carboxylic acids is 1. The lowest BCUT2D eigenvalue weighted by atomic mass is 9.92. The van der Waals surface area contributed by atoms with Gasteiger partial charge < -0.3 is 10.2 Å². The minimum atomic E-state index is -0.375. The second kappa shape index (κ2) is 7.83. The molecule has 9 heteroatoms. The SMILES string of the molecule is CNCc1cc(C)c(-c2cc3c(-c4cc5n(n4)CC(=O)N(C)C5)n[nH]c3cc2C#N)c(F)c1. The van der Waals surface area contributed by atoms with Crippen molar-refractivity contribution >= 4 is 16.8 Å². The Bertz CT molecular complexity index is 1440. The van der Waals surface area contributed by atoms with E-state index in [9.17, 15) is 10.1 Å². The molecule has 1 amide bonds. The van der Waals surface area contributed by atoms with Crippen LogP contribution in [0.1, 0.15) is 22.4 Å². The second-order valence-corrected chi connectivity index (χ2v) is 8.36. The first-order chi connectivity index (χ1) is 15.9. The number of hydrogen-bond acceptors (Lipinski definition) is 5. The molecule has 8 nitrogen and oxygen atoms in total. The Balaban J connectivity index is 1.67. The molecule has 2 aromatic carbocycles. The van der Waals surface area contributed by atoms with Crippen LogP contribution >= 0.6 is 0 Å². The molecule has 2 aromatic heterocycles. The molecule has 0 bridgehead atoms. The topological polar surface area (TPSA) is 103 Å². The predicted octanol–water partition coefficient (Wildman–Crippen LogP) is 3.10. The van der Waals surface area contributed by atoms with Crippen LogP contribution in [0.15, 0.2) is 30.3 Å². The third-order valence-corrected chi connectivity index (χ3v) is 6.03. The maximum absolute atomic E-state index is 15.2. The van der Waals surface area contributed by atoms with E-state index in [1.54, 1.807) is 28.8 Å². The van der Waals surface area contributed by atoms with Gasteiger partial charge in [-0.25, -0.2) is 4.39 Å². The molecule has 166 valence electrons. The smallest absolute Gasteiger partial charge is 0.244 e. The van der Waals surface area contributed by atoms with Gasteiger partial charge in [-0.3, -0.25) is 14.6 Å². The molecular weight excluding hydrogens is 421 g/mol. The lowest BCUT2D eigenvalue weighted by Gasteiger charge is -2.23. The number of aromatic nitrogens is 4. The van der Waals surface area contributed by atoms with Crippen molar-refractivity contribution in [2.75, 3.05) is 14.1 Å². The van der Waals surface area contributed by atoms with Crippen LogP contribution < -0.4 is 5.32 Å². The zero-order valence-electron chi connectivity index (χ0n) is 18.5. The van der Waals surface area contributed by atoms with Crippen LogP contribution in [0.2, 0.25) is 0 Å². The minimum absolute atomic E-state index is 0.00217. The number of amides is 1. The highest BCUT2D eigenvalue weighted by Gasteiger charge is 2.24. The number of nitriles is 1.